The molecule has 1 saturated heterocycles. The van der Waals surface area contributed by atoms with Crippen molar-refractivity contribution in [1.29, 1.82) is 0 Å². The van der Waals surface area contributed by atoms with Gasteiger partial charge < -0.3 is 19.7 Å². The molecule has 1 aromatic rings. The molecule has 0 unspecified atom stereocenters. The number of carbonyl (C=O) groups excluding carboxylic acids is 3. The Morgan fingerprint density at radius 2 is 2.00 bits per heavy atom. The number of benzene rings is 1. The van der Waals surface area contributed by atoms with E-state index in [1.165, 1.54) is 12.0 Å². The van der Waals surface area contributed by atoms with Crippen LogP contribution in [0.15, 0.2) is 24.3 Å². The summed E-state index contributed by atoms with van der Waals surface area (Å²) in [6.45, 7) is 1.76. The van der Waals surface area contributed by atoms with Gasteiger partial charge in [-0.05, 0) is 31.9 Å². The number of methoxy groups -OCH3 is 1. The van der Waals surface area contributed by atoms with Gasteiger partial charge in [0.15, 0.2) is 6.10 Å². The Morgan fingerprint density at radius 1 is 1.28 bits per heavy atom. The molecule has 3 rings (SSSR count). The van der Waals surface area contributed by atoms with Crippen molar-refractivity contribution >= 4 is 23.5 Å². The predicted octanol–water partition coefficient (Wildman–Crippen LogP) is 1.26. The van der Waals surface area contributed by atoms with Gasteiger partial charge in [0.2, 0.25) is 5.91 Å². The highest BCUT2D eigenvalue weighted by molar-refractivity contribution is 6.00. The average molecular weight is 346 g/mol. The molecule has 0 aromatic heterocycles. The van der Waals surface area contributed by atoms with Crippen LogP contribution in [0.5, 0.6) is 5.75 Å². The zero-order chi connectivity index (χ0) is 18.0. The SMILES string of the molecule is COc1ccccc1N1C[C@@H](C(=O)O[C@H](C)C(=O)NC2CC2)CC1=O. The second-order valence-electron chi connectivity index (χ2n) is 6.44. The molecule has 2 fully saturated rings. The van der Waals surface area contributed by atoms with Crippen molar-refractivity contribution < 1.29 is 23.9 Å². The second-order valence-corrected chi connectivity index (χ2v) is 6.44. The molecule has 1 saturated carbocycles. The first kappa shape index (κ1) is 17.3. The Hall–Kier alpha value is -2.57. The summed E-state index contributed by atoms with van der Waals surface area (Å²) in [4.78, 5) is 38.1. The van der Waals surface area contributed by atoms with Crippen molar-refractivity contribution in [1.82, 2.24) is 5.32 Å². The normalized spacial score (nSPS) is 21.0. The molecule has 134 valence electrons. The Balaban J connectivity index is 1.61. The second kappa shape index (κ2) is 7.13. The van der Waals surface area contributed by atoms with Gasteiger partial charge in [0.05, 0.1) is 18.7 Å². The molecule has 1 heterocycles. The summed E-state index contributed by atoms with van der Waals surface area (Å²) in [5.41, 5.74) is 0.629. The molecule has 7 heteroatoms. The van der Waals surface area contributed by atoms with E-state index in [-0.39, 0.29) is 30.8 Å². The Bertz CT molecular complexity index is 686. The molecule has 2 atom stereocenters. The summed E-state index contributed by atoms with van der Waals surface area (Å²) in [7, 11) is 1.53. The monoisotopic (exact) mass is 346 g/mol. The van der Waals surface area contributed by atoms with Crippen LogP contribution in [0.25, 0.3) is 0 Å². The number of amides is 2. The molecule has 1 aromatic carbocycles. The summed E-state index contributed by atoms with van der Waals surface area (Å²) in [5, 5.41) is 2.80. The predicted molar refractivity (Wildman–Crippen MR) is 90.2 cm³/mol. The zero-order valence-corrected chi connectivity index (χ0v) is 14.4. The quantitative estimate of drug-likeness (QED) is 0.784. The summed E-state index contributed by atoms with van der Waals surface area (Å²) in [6.07, 6.45) is 1.14. The number of rotatable bonds is 6. The topological polar surface area (TPSA) is 84.9 Å². The van der Waals surface area contributed by atoms with Gasteiger partial charge in [-0.1, -0.05) is 12.1 Å². The first-order valence-corrected chi connectivity index (χ1v) is 8.44. The lowest BCUT2D eigenvalue weighted by molar-refractivity contribution is -0.158. The van der Waals surface area contributed by atoms with Gasteiger partial charge in [0.25, 0.3) is 5.91 Å². The third-order valence-electron chi connectivity index (χ3n) is 4.42. The summed E-state index contributed by atoms with van der Waals surface area (Å²) < 4.78 is 10.5. The summed E-state index contributed by atoms with van der Waals surface area (Å²) in [6, 6.07) is 7.37. The minimum Gasteiger partial charge on any atom is -0.495 e. The van der Waals surface area contributed by atoms with Crippen molar-refractivity contribution in [3.05, 3.63) is 24.3 Å². The van der Waals surface area contributed by atoms with Crippen molar-refractivity contribution in [3.63, 3.8) is 0 Å². The van der Waals surface area contributed by atoms with Gasteiger partial charge in [-0.15, -0.1) is 0 Å². The van der Waals surface area contributed by atoms with E-state index in [0.717, 1.165) is 12.8 Å². The fourth-order valence-corrected chi connectivity index (χ4v) is 2.82. The number of anilines is 1. The Morgan fingerprint density at radius 3 is 2.68 bits per heavy atom. The Labute approximate surface area is 146 Å². The van der Waals surface area contributed by atoms with Gasteiger partial charge in [-0.2, -0.15) is 0 Å². The number of ether oxygens (including phenoxy) is 2. The van der Waals surface area contributed by atoms with Crippen LogP contribution in [-0.4, -0.2) is 43.6 Å². The molecule has 7 nitrogen and oxygen atoms in total. The third-order valence-corrected chi connectivity index (χ3v) is 4.42. The maximum absolute atomic E-state index is 12.3. The largest absolute Gasteiger partial charge is 0.495 e. The number of hydrogen-bond acceptors (Lipinski definition) is 5. The molecule has 0 bridgehead atoms. The highest BCUT2D eigenvalue weighted by Crippen LogP contribution is 2.33. The van der Waals surface area contributed by atoms with Crippen LogP contribution < -0.4 is 15.0 Å². The van der Waals surface area contributed by atoms with Crippen molar-refractivity contribution in [2.75, 3.05) is 18.6 Å². The smallest absolute Gasteiger partial charge is 0.312 e. The average Bonchev–Trinajstić information content (AvgIpc) is 3.33. The minimum absolute atomic E-state index is 0.0633. The van der Waals surface area contributed by atoms with Gasteiger partial charge in [-0.3, -0.25) is 14.4 Å². The lowest BCUT2D eigenvalue weighted by Crippen LogP contribution is -2.38. The fourth-order valence-electron chi connectivity index (χ4n) is 2.82. The minimum atomic E-state index is -0.858. The number of carbonyl (C=O) groups is 3. The molecule has 2 aliphatic rings. The fraction of sp³-hybridized carbons (Fsp3) is 0.500. The molecule has 1 N–H and O–H groups in total. The van der Waals surface area contributed by atoms with Crippen molar-refractivity contribution in [2.24, 2.45) is 5.92 Å². The van der Waals surface area contributed by atoms with Crippen LogP contribution in [0.2, 0.25) is 0 Å². The molecule has 1 aliphatic carbocycles. The van der Waals surface area contributed by atoms with Gasteiger partial charge >= 0.3 is 5.97 Å². The van der Waals surface area contributed by atoms with Gasteiger partial charge in [-0.25, -0.2) is 0 Å². The zero-order valence-electron chi connectivity index (χ0n) is 14.4. The lowest BCUT2D eigenvalue weighted by Gasteiger charge is -2.19. The first-order valence-electron chi connectivity index (χ1n) is 8.44. The van der Waals surface area contributed by atoms with Gasteiger partial charge in [0.1, 0.15) is 5.75 Å². The molecule has 0 radical (unpaired) electrons. The van der Waals surface area contributed by atoms with E-state index in [1.807, 2.05) is 6.07 Å². The summed E-state index contributed by atoms with van der Waals surface area (Å²) >= 11 is 0. The molecule has 25 heavy (non-hydrogen) atoms. The van der Waals surface area contributed by atoms with Crippen LogP contribution in [0, 0.1) is 5.92 Å². The van der Waals surface area contributed by atoms with E-state index >= 15 is 0 Å². The summed E-state index contributed by atoms with van der Waals surface area (Å²) in [5.74, 6) is -0.997. The number of nitrogens with one attached hydrogen (secondary N) is 1. The van der Waals surface area contributed by atoms with Crippen molar-refractivity contribution in [2.45, 2.75) is 38.3 Å². The van der Waals surface area contributed by atoms with E-state index in [2.05, 4.69) is 5.32 Å². The number of nitrogens with zero attached hydrogens (tertiary/aromatic N) is 1. The maximum Gasteiger partial charge on any atom is 0.312 e. The van der Waals surface area contributed by atoms with Crippen LogP contribution in [0.1, 0.15) is 26.2 Å². The lowest BCUT2D eigenvalue weighted by atomic mass is 10.1. The van der Waals surface area contributed by atoms with Crippen molar-refractivity contribution in [3.8, 4) is 5.75 Å². The molecular formula is C18H22N2O5. The number of hydrogen-bond donors (Lipinski definition) is 1. The van der Waals surface area contributed by atoms with E-state index in [4.69, 9.17) is 9.47 Å². The molecule has 0 spiro atoms. The highest BCUT2D eigenvalue weighted by Gasteiger charge is 2.38. The first-order chi connectivity index (χ1) is 12.0. The van der Waals surface area contributed by atoms with Gasteiger partial charge in [0, 0.05) is 19.0 Å². The van der Waals surface area contributed by atoms with Crippen LogP contribution in [-0.2, 0) is 19.1 Å². The third kappa shape index (κ3) is 3.92. The van der Waals surface area contributed by atoms with E-state index in [1.54, 1.807) is 25.1 Å². The maximum atomic E-state index is 12.3. The standard InChI is InChI=1S/C18H22N2O5/c1-11(17(22)19-13-7-8-13)25-18(23)12-9-16(21)20(10-12)14-5-3-4-6-15(14)24-2/h3-6,11-13H,7-10H2,1-2H3,(H,19,22)/t11-,12+/m1/s1. The van der Waals surface area contributed by atoms with E-state index in [9.17, 15) is 14.4 Å². The number of para-hydroxylation sites is 2. The Kier molecular flexibility index (Phi) is 4.92. The van der Waals surface area contributed by atoms with Crippen LogP contribution in [0.4, 0.5) is 5.69 Å². The molecule has 2 amide bonds. The van der Waals surface area contributed by atoms with E-state index < -0.39 is 18.0 Å². The van der Waals surface area contributed by atoms with Crippen LogP contribution in [0.3, 0.4) is 0 Å². The molecule has 1 aliphatic heterocycles. The highest BCUT2D eigenvalue weighted by atomic mass is 16.5. The van der Waals surface area contributed by atoms with E-state index in [0.29, 0.717) is 11.4 Å². The molecular weight excluding hydrogens is 324 g/mol. The number of esters is 1. The van der Waals surface area contributed by atoms with Crippen LogP contribution >= 0.6 is 0 Å².